The minimum absolute atomic E-state index is 0.193. The lowest BCUT2D eigenvalue weighted by molar-refractivity contribution is 0.432. The highest BCUT2D eigenvalue weighted by molar-refractivity contribution is 5.81. The maximum Gasteiger partial charge on any atom is 0.134 e. The monoisotopic (exact) mass is 258 g/mol. The first-order valence-electron chi connectivity index (χ1n) is 7.20. The summed E-state index contributed by atoms with van der Waals surface area (Å²) < 4.78 is 5.62. The smallest absolute Gasteiger partial charge is 0.134 e. The van der Waals surface area contributed by atoms with E-state index >= 15 is 0 Å². The highest BCUT2D eigenvalue weighted by Gasteiger charge is 2.25. The second kappa shape index (κ2) is 5.35. The first-order valence-corrected chi connectivity index (χ1v) is 7.20. The summed E-state index contributed by atoms with van der Waals surface area (Å²) in [4.78, 5) is 0. The van der Waals surface area contributed by atoms with E-state index < -0.39 is 0 Å². The molecule has 2 aromatic rings. The van der Waals surface area contributed by atoms with Crippen LogP contribution >= 0.6 is 0 Å². The average molecular weight is 258 g/mol. The van der Waals surface area contributed by atoms with Gasteiger partial charge in [0.25, 0.3) is 0 Å². The van der Waals surface area contributed by atoms with Gasteiger partial charge in [-0.2, -0.15) is 0 Å². The molecule has 0 aliphatic heterocycles. The number of nitrogens with two attached hydrogens (primary N) is 1. The van der Waals surface area contributed by atoms with E-state index in [0.717, 1.165) is 11.5 Å². The minimum atomic E-state index is 0.193. The number of hydrogen-bond acceptors (Lipinski definition) is 3. The molecule has 1 fully saturated rings. The van der Waals surface area contributed by atoms with Crippen LogP contribution in [-0.2, 0) is 0 Å². The summed E-state index contributed by atoms with van der Waals surface area (Å²) >= 11 is 0. The predicted molar refractivity (Wildman–Crippen MR) is 77.9 cm³/mol. The van der Waals surface area contributed by atoms with E-state index in [4.69, 9.17) is 10.2 Å². The summed E-state index contributed by atoms with van der Waals surface area (Å²) in [6.45, 7) is 2.93. The number of nitrogens with one attached hydrogen (secondary N) is 1. The van der Waals surface area contributed by atoms with Gasteiger partial charge in [-0.3, -0.25) is 0 Å². The Balaban J connectivity index is 1.81. The molecule has 3 nitrogen and oxygen atoms in total. The standard InChI is InChI=1S/C16H22N2O/c1-11-6-7-12(8-11)18-15(9-17)14-10-19-16-5-3-2-4-13(14)16/h2-5,10-12,15,18H,6-9,17H2,1H3. The van der Waals surface area contributed by atoms with E-state index in [1.807, 2.05) is 24.5 Å². The first kappa shape index (κ1) is 12.7. The Morgan fingerprint density at radius 2 is 2.21 bits per heavy atom. The Bertz CT molecular complexity index is 548. The highest BCUT2D eigenvalue weighted by Crippen LogP contribution is 2.30. The van der Waals surface area contributed by atoms with Crippen molar-refractivity contribution in [1.82, 2.24) is 5.32 Å². The molecule has 102 valence electrons. The van der Waals surface area contributed by atoms with Crippen LogP contribution in [0.4, 0.5) is 0 Å². The molecule has 0 radical (unpaired) electrons. The van der Waals surface area contributed by atoms with E-state index in [0.29, 0.717) is 12.6 Å². The Hall–Kier alpha value is -1.32. The Kier molecular flexibility index (Phi) is 3.58. The molecule has 0 spiro atoms. The van der Waals surface area contributed by atoms with E-state index in [-0.39, 0.29) is 6.04 Å². The lowest BCUT2D eigenvalue weighted by atomic mass is 10.0. The number of rotatable bonds is 4. The number of para-hydroxylation sites is 1. The molecular weight excluding hydrogens is 236 g/mol. The van der Waals surface area contributed by atoms with E-state index in [1.54, 1.807) is 0 Å². The predicted octanol–water partition coefficient (Wildman–Crippen LogP) is 3.21. The molecular formula is C16H22N2O. The molecule has 3 heteroatoms. The molecule has 1 aromatic carbocycles. The van der Waals surface area contributed by atoms with Crippen molar-refractivity contribution in [3.05, 3.63) is 36.1 Å². The molecule has 3 N–H and O–H groups in total. The summed E-state index contributed by atoms with van der Waals surface area (Å²) in [5.41, 5.74) is 8.10. The lowest BCUT2D eigenvalue weighted by Gasteiger charge is -2.21. The van der Waals surface area contributed by atoms with Crippen molar-refractivity contribution in [3.63, 3.8) is 0 Å². The van der Waals surface area contributed by atoms with E-state index in [9.17, 15) is 0 Å². The molecule has 0 amide bonds. The van der Waals surface area contributed by atoms with Gasteiger partial charge in [0, 0.05) is 29.6 Å². The number of fused-ring (bicyclic) bond motifs is 1. The molecule has 3 atom stereocenters. The van der Waals surface area contributed by atoms with Gasteiger partial charge in [-0.25, -0.2) is 0 Å². The SMILES string of the molecule is CC1CCC(NC(CN)c2coc3ccccc23)C1. The van der Waals surface area contributed by atoms with Crippen molar-refractivity contribution in [2.24, 2.45) is 11.7 Å². The number of hydrogen-bond donors (Lipinski definition) is 2. The van der Waals surface area contributed by atoms with Gasteiger partial charge in [-0.05, 0) is 31.2 Å². The van der Waals surface area contributed by atoms with Crippen LogP contribution < -0.4 is 11.1 Å². The molecule has 1 heterocycles. The molecule has 0 bridgehead atoms. The maximum absolute atomic E-state index is 5.96. The van der Waals surface area contributed by atoms with Crippen molar-refractivity contribution in [1.29, 1.82) is 0 Å². The van der Waals surface area contributed by atoms with Crippen LogP contribution in [0.15, 0.2) is 34.9 Å². The molecule has 1 aliphatic carbocycles. The van der Waals surface area contributed by atoms with Crippen LogP contribution in [0.25, 0.3) is 11.0 Å². The van der Waals surface area contributed by atoms with Crippen LogP contribution in [0.5, 0.6) is 0 Å². The Labute approximate surface area is 114 Å². The Morgan fingerprint density at radius 1 is 1.37 bits per heavy atom. The number of benzene rings is 1. The van der Waals surface area contributed by atoms with E-state index in [1.165, 1.54) is 30.2 Å². The van der Waals surface area contributed by atoms with Gasteiger partial charge in [-0.1, -0.05) is 25.1 Å². The minimum Gasteiger partial charge on any atom is -0.464 e. The van der Waals surface area contributed by atoms with Crippen LogP contribution in [0, 0.1) is 5.92 Å². The van der Waals surface area contributed by atoms with Gasteiger partial charge in [0.2, 0.25) is 0 Å². The van der Waals surface area contributed by atoms with Crippen LogP contribution in [0.3, 0.4) is 0 Å². The molecule has 1 saturated carbocycles. The van der Waals surface area contributed by atoms with Crippen molar-refractivity contribution in [3.8, 4) is 0 Å². The van der Waals surface area contributed by atoms with Crippen molar-refractivity contribution in [2.75, 3.05) is 6.54 Å². The fourth-order valence-corrected chi connectivity index (χ4v) is 3.20. The van der Waals surface area contributed by atoms with Gasteiger partial charge in [0.15, 0.2) is 0 Å². The zero-order chi connectivity index (χ0) is 13.2. The second-order valence-corrected chi connectivity index (χ2v) is 5.76. The fourth-order valence-electron chi connectivity index (χ4n) is 3.20. The quantitative estimate of drug-likeness (QED) is 0.885. The van der Waals surface area contributed by atoms with E-state index in [2.05, 4.69) is 18.3 Å². The van der Waals surface area contributed by atoms with Gasteiger partial charge in [-0.15, -0.1) is 0 Å². The average Bonchev–Trinajstić information content (AvgIpc) is 3.02. The van der Waals surface area contributed by atoms with Crippen molar-refractivity contribution in [2.45, 2.75) is 38.3 Å². The third-order valence-corrected chi connectivity index (χ3v) is 4.25. The van der Waals surface area contributed by atoms with Crippen molar-refractivity contribution < 1.29 is 4.42 Å². The summed E-state index contributed by atoms with van der Waals surface area (Å²) in [7, 11) is 0. The first-order chi connectivity index (χ1) is 9.28. The molecule has 19 heavy (non-hydrogen) atoms. The molecule has 3 rings (SSSR count). The maximum atomic E-state index is 5.96. The molecule has 0 saturated heterocycles. The van der Waals surface area contributed by atoms with Crippen LogP contribution in [-0.4, -0.2) is 12.6 Å². The zero-order valence-electron chi connectivity index (χ0n) is 11.4. The van der Waals surface area contributed by atoms with Crippen LogP contribution in [0.1, 0.15) is 37.8 Å². The van der Waals surface area contributed by atoms with Gasteiger partial charge < -0.3 is 15.5 Å². The fraction of sp³-hybridized carbons (Fsp3) is 0.500. The van der Waals surface area contributed by atoms with Gasteiger partial charge >= 0.3 is 0 Å². The van der Waals surface area contributed by atoms with Crippen molar-refractivity contribution >= 4 is 11.0 Å². The van der Waals surface area contributed by atoms with Crippen LogP contribution in [0.2, 0.25) is 0 Å². The third kappa shape index (κ3) is 2.53. The third-order valence-electron chi connectivity index (χ3n) is 4.25. The highest BCUT2D eigenvalue weighted by atomic mass is 16.3. The second-order valence-electron chi connectivity index (χ2n) is 5.76. The number of furan rings is 1. The Morgan fingerprint density at radius 3 is 2.95 bits per heavy atom. The largest absolute Gasteiger partial charge is 0.464 e. The molecule has 3 unspecified atom stereocenters. The molecule has 1 aromatic heterocycles. The summed E-state index contributed by atoms with van der Waals surface area (Å²) in [5, 5.41) is 4.88. The summed E-state index contributed by atoms with van der Waals surface area (Å²) in [6.07, 6.45) is 5.69. The summed E-state index contributed by atoms with van der Waals surface area (Å²) in [5.74, 6) is 0.831. The van der Waals surface area contributed by atoms with Gasteiger partial charge in [0.1, 0.15) is 5.58 Å². The lowest BCUT2D eigenvalue weighted by Crippen LogP contribution is -2.35. The molecule has 1 aliphatic rings. The topological polar surface area (TPSA) is 51.2 Å². The normalized spacial score (nSPS) is 24.9. The van der Waals surface area contributed by atoms with Gasteiger partial charge in [0.05, 0.1) is 6.26 Å². The zero-order valence-corrected chi connectivity index (χ0v) is 11.4. The summed E-state index contributed by atoms with van der Waals surface area (Å²) in [6, 6.07) is 8.95.